The minimum Gasteiger partial charge on any atom is -0.321 e. The molecule has 0 bridgehead atoms. The van der Waals surface area contributed by atoms with E-state index in [1.54, 1.807) is 53.9 Å². The van der Waals surface area contributed by atoms with Crippen molar-refractivity contribution in [2.75, 3.05) is 10.6 Å². The van der Waals surface area contributed by atoms with Gasteiger partial charge in [0.15, 0.2) is 5.13 Å². The molecule has 0 fully saturated rings. The quantitative estimate of drug-likeness (QED) is 0.444. The fraction of sp³-hybridized carbons (Fsp3) is 0. The van der Waals surface area contributed by atoms with Crippen LogP contribution in [-0.2, 0) is 0 Å². The summed E-state index contributed by atoms with van der Waals surface area (Å²) in [5, 5.41) is 9.45. The molecule has 0 aliphatic heterocycles. The molecule has 0 aliphatic rings. The second kappa shape index (κ2) is 8.34. The third-order valence-electron chi connectivity index (χ3n) is 4.01. The zero-order valence-electron chi connectivity index (χ0n) is 14.9. The molecule has 0 unspecified atom stereocenters. The van der Waals surface area contributed by atoms with Crippen LogP contribution in [-0.4, -0.2) is 16.8 Å². The van der Waals surface area contributed by atoms with Crippen molar-refractivity contribution in [3.63, 3.8) is 0 Å². The molecule has 4 aromatic rings. The highest BCUT2D eigenvalue weighted by Gasteiger charge is 2.16. The van der Waals surface area contributed by atoms with E-state index in [2.05, 4.69) is 15.6 Å². The van der Waals surface area contributed by atoms with Crippen LogP contribution >= 0.6 is 22.7 Å². The minimum absolute atomic E-state index is 0.275. The molecule has 2 amide bonds. The van der Waals surface area contributed by atoms with Crippen molar-refractivity contribution in [3.05, 3.63) is 87.7 Å². The van der Waals surface area contributed by atoms with Gasteiger partial charge in [-0.3, -0.25) is 14.9 Å². The largest absolute Gasteiger partial charge is 0.321 e. The lowest BCUT2D eigenvalue weighted by molar-refractivity contribution is 0.102. The first kappa shape index (κ1) is 19.0. The van der Waals surface area contributed by atoms with Crippen LogP contribution in [0.3, 0.4) is 0 Å². The van der Waals surface area contributed by atoms with Gasteiger partial charge in [-0.05, 0) is 35.7 Å². The molecular weight excluding hydrogens is 409 g/mol. The Kier molecular flexibility index (Phi) is 5.46. The molecule has 0 spiro atoms. The summed E-state index contributed by atoms with van der Waals surface area (Å²) in [5.74, 6) is -1.02. The highest BCUT2D eigenvalue weighted by molar-refractivity contribution is 7.14. The van der Waals surface area contributed by atoms with Crippen LogP contribution in [0.4, 0.5) is 15.2 Å². The number of para-hydroxylation sites is 1. The van der Waals surface area contributed by atoms with Gasteiger partial charge in [-0.25, -0.2) is 9.37 Å². The van der Waals surface area contributed by atoms with Crippen molar-refractivity contribution < 1.29 is 14.0 Å². The molecule has 0 saturated carbocycles. The molecular formula is C21H14FN3O2S2. The van der Waals surface area contributed by atoms with E-state index in [9.17, 15) is 14.0 Å². The van der Waals surface area contributed by atoms with Gasteiger partial charge in [-0.2, -0.15) is 0 Å². The van der Waals surface area contributed by atoms with E-state index in [1.165, 1.54) is 34.8 Å². The van der Waals surface area contributed by atoms with Gasteiger partial charge < -0.3 is 5.32 Å². The fourth-order valence-electron chi connectivity index (χ4n) is 2.66. The van der Waals surface area contributed by atoms with Gasteiger partial charge in [0, 0.05) is 10.9 Å². The Morgan fingerprint density at radius 2 is 1.76 bits per heavy atom. The zero-order valence-corrected chi connectivity index (χ0v) is 16.5. The van der Waals surface area contributed by atoms with Gasteiger partial charge in [0.25, 0.3) is 11.8 Å². The summed E-state index contributed by atoms with van der Waals surface area (Å²) in [7, 11) is 0. The Balaban J connectivity index is 1.51. The van der Waals surface area contributed by atoms with E-state index >= 15 is 0 Å². The van der Waals surface area contributed by atoms with E-state index in [-0.39, 0.29) is 11.7 Å². The van der Waals surface area contributed by atoms with Gasteiger partial charge >= 0.3 is 0 Å². The van der Waals surface area contributed by atoms with E-state index < -0.39 is 5.91 Å². The molecule has 8 heteroatoms. The van der Waals surface area contributed by atoms with Crippen LogP contribution in [0, 0.1) is 5.82 Å². The predicted molar refractivity (Wildman–Crippen MR) is 114 cm³/mol. The molecule has 0 saturated heterocycles. The van der Waals surface area contributed by atoms with Crippen molar-refractivity contribution in [1.82, 2.24) is 4.98 Å². The monoisotopic (exact) mass is 423 g/mol. The smallest absolute Gasteiger partial charge is 0.265 e. The molecule has 2 N–H and O–H groups in total. The number of hydrogen-bond acceptors (Lipinski definition) is 5. The van der Waals surface area contributed by atoms with Crippen molar-refractivity contribution in [2.24, 2.45) is 0 Å². The normalized spacial score (nSPS) is 10.5. The second-order valence-electron chi connectivity index (χ2n) is 5.98. The standard InChI is InChI=1S/C21H14FN3O2S2/c22-14-6-3-5-13(11-14)17-12-29-21(24-17)25-19(26)15-7-1-2-8-16(15)23-20(27)18-9-4-10-28-18/h1-12H,(H,23,27)(H,24,25,26). The Morgan fingerprint density at radius 1 is 0.897 bits per heavy atom. The lowest BCUT2D eigenvalue weighted by Crippen LogP contribution is -2.17. The zero-order chi connectivity index (χ0) is 20.2. The number of benzene rings is 2. The SMILES string of the molecule is O=C(Nc1ccccc1C(=O)Nc1nc(-c2cccc(F)c2)cs1)c1cccs1. The number of nitrogens with zero attached hydrogens (tertiary/aromatic N) is 1. The minimum atomic E-state index is -0.396. The van der Waals surface area contributed by atoms with Gasteiger partial charge in [0.2, 0.25) is 0 Å². The number of halogens is 1. The van der Waals surface area contributed by atoms with E-state index in [0.29, 0.717) is 32.5 Å². The van der Waals surface area contributed by atoms with Crippen molar-refractivity contribution >= 4 is 45.3 Å². The van der Waals surface area contributed by atoms with E-state index in [4.69, 9.17) is 0 Å². The number of thiazole rings is 1. The highest BCUT2D eigenvalue weighted by Crippen LogP contribution is 2.26. The van der Waals surface area contributed by atoms with Gasteiger partial charge in [0.05, 0.1) is 21.8 Å². The highest BCUT2D eigenvalue weighted by atomic mass is 32.1. The Morgan fingerprint density at radius 3 is 2.55 bits per heavy atom. The number of nitrogens with one attached hydrogen (secondary N) is 2. The molecule has 0 aliphatic carbocycles. The molecule has 4 rings (SSSR count). The van der Waals surface area contributed by atoms with Crippen LogP contribution < -0.4 is 10.6 Å². The molecule has 2 heterocycles. The van der Waals surface area contributed by atoms with Crippen molar-refractivity contribution in [2.45, 2.75) is 0 Å². The van der Waals surface area contributed by atoms with Crippen LogP contribution in [0.25, 0.3) is 11.3 Å². The second-order valence-corrected chi connectivity index (χ2v) is 7.79. The van der Waals surface area contributed by atoms with Crippen LogP contribution in [0.1, 0.15) is 20.0 Å². The molecule has 2 aromatic heterocycles. The maximum atomic E-state index is 13.4. The first-order valence-electron chi connectivity index (χ1n) is 8.57. The van der Waals surface area contributed by atoms with Crippen molar-refractivity contribution in [3.8, 4) is 11.3 Å². The number of carbonyl (C=O) groups is 2. The summed E-state index contributed by atoms with van der Waals surface area (Å²) in [4.78, 5) is 30.0. The molecule has 5 nitrogen and oxygen atoms in total. The number of aromatic nitrogens is 1. The number of carbonyl (C=O) groups excluding carboxylic acids is 2. The number of rotatable bonds is 5. The van der Waals surface area contributed by atoms with Crippen LogP contribution in [0.15, 0.2) is 71.4 Å². The van der Waals surface area contributed by atoms with Gasteiger partial charge in [0.1, 0.15) is 5.82 Å². The van der Waals surface area contributed by atoms with Crippen LogP contribution in [0.5, 0.6) is 0 Å². The lowest BCUT2D eigenvalue weighted by Gasteiger charge is -2.09. The predicted octanol–water partition coefficient (Wildman–Crippen LogP) is 5.52. The molecule has 0 atom stereocenters. The maximum absolute atomic E-state index is 13.4. The fourth-order valence-corrected chi connectivity index (χ4v) is 3.99. The molecule has 0 radical (unpaired) electrons. The number of thiophene rings is 1. The maximum Gasteiger partial charge on any atom is 0.265 e. The topological polar surface area (TPSA) is 71.1 Å². The average molecular weight is 423 g/mol. The lowest BCUT2D eigenvalue weighted by atomic mass is 10.1. The summed E-state index contributed by atoms with van der Waals surface area (Å²) < 4.78 is 13.4. The summed E-state index contributed by atoms with van der Waals surface area (Å²) in [6.07, 6.45) is 0. The molecule has 29 heavy (non-hydrogen) atoms. The number of amides is 2. The summed E-state index contributed by atoms with van der Waals surface area (Å²) in [5.41, 5.74) is 1.93. The number of anilines is 2. The third-order valence-corrected chi connectivity index (χ3v) is 5.64. The molecule has 144 valence electrons. The summed E-state index contributed by atoms with van der Waals surface area (Å²) in [6.45, 7) is 0. The Bertz CT molecular complexity index is 1170. The van der Waals surface area contributed by atoms with Crippen LogP contribution in [0.2, 0.25) is 0 Å². The third kappa shape index (κ3) is 4.39. The first-order chi connectivity index (χ1) is 14.1. The molecule has 2 aromatic carbocycles. The van der Waals surface area contributed by atoms with E-state index in [0.717, 1.165) is 0 Å². The van der Waals surface area contributed by atoms with Gasteiger partial charge in [-0.15, -0.1) is 22.7 Å². The number of hydrogen-bond donors (Lipinski definition) is 2. The van der Waals surface area contributed by atoms with Crippen molar-refractivity contribution in [1.29, 1.82) is 0 Å². The van der Waals surface area contributed by atoms with Gasteiger partial charge in [-0.1, -0.05) is 30.3 Å². The van der Waals surface area contributed by atoms with E-state index in [1.807, 2.05) is 5.38 Å². The Labute approximate surface area is 173 Å². The first-order valence-corrected chi connectivity index (χ1v) is 10.3. The summed E-state index contributed by atoms with van der Waals surface area (Å²) >= 11 is 2.56. The average Bonchev–Trinajstić information content (AvgIpc) is 3.41. The Hall–Kier alpha value is -3.36. The summed E-state index contributed by atoms with van der Waals surface area (Å²) in [6, 6.07) is 16.4.